The average molecular weight is 549 g/mol. The summed E-state index contributed by atoms with van der Waals surface area (Å²) in [5, 5.41) is 0. The lowest BCUT2D eigenvalue weighted by Gasteiger charge is -2.47. The summed E-state index contributed by atoms with van der Waals surface area (Å²) < 4.78 is 0. The molecule has 2 nitrogen and oxygen atoms in total. The van der Waals surface area contributed by atoms with Gasteiger partial charge in [0.25, 0.3) is 0 Å². The molecule has 0 aromatic heterocycles. The Hall–Kier alpha value is -3.78. The Morgan fingerprint density at radius 2 is 0.619 bits per heavy atom. The van der Waals surface area contributed by atoms with Gasteiger partial charge in [-0.25, -0.2) is 0 Å². The van der Waals surface area contributed by atoms with Crippen molar-refractivity contribution in [1.29, 1.82) is 0 Å². The minimum absolute atomic E-state index is 0.299. The van der Waals surface area contributed by atoms with Crippen LogP contribution in [0.2, 0.25) is 0 Å². The minimum Gasteiger partial charge on any atom is -0.300 e. The normalized spacial score (nSPS) is 32.3. The highest BCUT2D eigenvalue weighted by Crippen LogP contribution is 2.69. The number of fused-ring (bicyclic) bond motifs is 6. The number of ketones is 2. The molecule has 0 bridgehead atoms. The van der Waals surface area contributed by atoms with Crippen LogP contribution in [0.25, 0.3) is 22.3 Å². The van der Waals surface area contributed by atoms with E-state index in [0.717, 1.165) is 0 Å². The molecule has 0 amide bonds. The summed E-state index contributed by atoms with van der Waals surface area (Å²) in [5.74, 6) is 0.609. The van der Waals surface area contributed by atoms with Crippen LogP contribution in [0.1, 0.15) is 86.5 Å². The SMILES string of the molecule is O=C1CC23CC(=O)CC2(C1)c1ccccc1-c1ccccc13.c1ccc2c(c1)-c1ccccc1C13CCCC21CCC3. The van der Waals surface area contributed by atoms with E-state index in [9.17, 15) is 9.59 Å². The monoisotopic (exact) mass is 548 g/mol. The Morgan fingerprint density at radius 1 is 0.357 bits per heavy atom. The summed E-state index contributed by atoms with van der Waals surface area (Å²) in [6, 6.07) is 35.2. The van der Waals surface area contributed by atoms with Crippen LogP contribution >= 0.6 is 0 Å². The van der Waals surface area contributed by atoms with Crippen LogP contribution in [0.5, 0.6) is 0 Å². The lowest BCUT2D eigenvalue weighted by molar-refractivity contribution is -0.120. The van der Waals surface area contributed by atoms with Crippen molar-refractivity contribution >= 4 is 11.6 Å². The van der Waals surface area contributed by atoms with Gasteiger partial charge in [-0.2, -0.15) is 0 Å². The third-order valence-electron chi connectivity index (χ3n) is 12.6. The predicted octanol–water partition coefficient (Wildman–Crippen LogP) is 8.78. The first-order valence-corrected chi connectivity index (χ1v) is 16.0. The van der Waals surface area contributed by atoms with Crippen LogP contribution < -0.4 is 0 Å². The zero-order valence-corrected chi connectivity index (χ0v) is 24.1. The Morgan fingerprint density at radius 3 is 0.929 bits per heavy atom. The van der Waals surface area contributed by atoms with Gasteiger partial charge in [0.05, 0.1) is 0 Å². The number of benzene rings is 4. The maximum Gasteiger partial charge on any atom is 0.134 e. The number of Topliss-reactive ketones (excluding diaryl/α,β-unsaturated/α-hetero) is 2. The highest BCUT2D eigenvalue weighted by atomic mass is 16.1. The average Bonchev–Trinajstić information content (AvgIpc) is 3.73. The lowest BCUT2D eigenvalue weighted by Crippen LogP contribution is -2.43. The van der Waals surface area contributed by atoms with Gasteiger partial charge < -0.3 is 0 Å². The van der Waals surface area contributed by atoms with Gasteiger partial charge in [0, 0.05) is 47.3 Å². The van der Waals surface area contributed by atoms with Crippen molar-refractivity contribution in [2.75, 3.05) is 0 Å². The van der Waals surface area contributed by atoms with Gasteiger partial charge >= 0.3 is 0 Å². The summed E-state index contributed by atoms with van der Waals surface area (Å²) in [5.41, 5.74) is 11.5. The Bertz CT molecular complexity index is 1650. The fourth-order valence-corrected chi connectivity index (χ4v) is 11.4. The predicted molar refractivity (Wildman–Crippen MR) is 167 cm³/mol. The van der Waals surface area contributed by atoms with Gasteiger partial charge in [0.15, 0.2) is 0 Å². The zero-order chi connectivity index (χ0) is 28.2. The number of carbonyl (C=O) groups excluding carboxylic acids is 2. The smallest absolute Gasteiger partial charge is 0.134 e. The zero-order valence-electron chi connectivity index (χ0n) is 24.1. The van der Waals surface area contributed by atoms with E-state index in [1.54, 1.807) is 11.1 Å². The molecule has 0 unspecified atom stereocenters. The first-order valence-electron chi connectivity index (χ1n) is 16.0. The van der Waals surface area contributed by atoms with Gasteiger partial charge in [-0.15, -0.1) is 0 Å². The van der Waals surface area contributed by atoms with E-state index in [4.69, 9.17) is 0 Å². The second kappa shape index (κ2) is 8.40. The molecule has 0 radical (unpaired) electrons. The van der Waals surface area contributed by atoms with Crippen molar-refractivity contribution in [2.24, 2.45) is 0 Å². The molecule has 0 saturated heterocycles. The Kier molecular flexibility index (Phi) is 4.96. The highest BCUT2D eigenvalue weighted by Gasteiger charge is 2.67. The molecule has 6 aliphatic carbocycles. The molecular formula is C40H36O2. The highest BCUT2D eigenvalue weighted by molar-refractivity contribution is 5.99. The minimum atomic E-state index is -0.299. The lowest BCUT2D eigenvalue weighted by atomic mass is 9.55. The molecule has 2 heteroatoms. The van der Waals surface area contributed by atoms with Gasteiger partial charge in [-0.1, -0.05) is 110 Å². The van der Waals surface area contributed by atoms with E-state index >= 15 is 0 Å². The third kappa shape index (κ3) is 2.82. The molecule has 208 valence electrons. The number of carbonyl (C=O) groups is 2. The van der Waals surface area contributed by atoms with Crippen molar-refractivity contribution in [2.45, 2.75) is 85.9 Å². The van der Waals surface area contributed by atoms with Crippen molar-refractivity contribution in [3.63, 3.8) is 0 Å². The van der Waals surface area contributed by atoms with Gasteiger partial charge in [0.1, 0.15) is 11.6 Å². The fraction of sp³-hybridized carbons (Fsp3) is 0.350. The maximum atomic E-state index is 12.4. The molecule has 0 N–H and O–H groups in total. The number of hydrogen-bond donors (Lipinski definition) is 0. The number of rotatable bonds is 0. The second-order valence-electron chi connectivity index (χ2n) is 14.0. The van der Waals surface area contributed by atoms with Gasteiger partial charge in [-0.3, -0.25) is 9.59 Å². The van der Waals surface area contributed by atoms with E-state index in [1.165, 1.54) is 71.9 Å². The molecule has 4 aromatic rings. The molecular weight excluding hydrogens is 512 g/mol. The van der Waals surface area contributed by atoms with Crippen LogP contribution in [0.4, 0.5) is 0 Å². The van der Waals surface area contributed by atoms with E-state index in [0.29, 0.717) is 48.1 Å². The maximum absolute atomic E-state index is 12.4. The summed E-state index contributed by atoms with van der Waals surface area (Å²) in [6.45, 7) is 0. The van der Waals surface area contributed by atoms with E-state index in [2.05, 4.69) is 72.8 Å². The molecule has 6 aliphatic rings. The second-order valence-corrected chi connectivity index (χ2v) is 14.0. The first kappa shape index (κ1) is 24.8. The van der Waals surface area contributed by atoms with Crippen LogP contribution in [0.15, 0.2) is 97.1 Å². The van der Waals surface area contributed by atoms with E-state index in [1.807, 2.05) is 24.3 Å². The first-order chi connectivity index (χ1) is 20.5. The molecule has 4 saturated carbocycles. The van der Waals surface area contributed by atoms with E-state index in [-0.39, 0.29) is 10.8 Å². The summed E-state index contributed by atoms with van der Waals surface area (Å²) in [6.07, 6.45) is 10.5. The molecule has 0 aliphatic heterocycles. The molecule has 0 spiro atoms. The van der Waals surface area contributed by atoms with Crippen molar-refractivity contribution in [3.8, 4) is 22.3 Å². The van der Waals surface area contributed by atoms with Crippen LogP contribution in [0, 0.1) is 0 Å². The van der Waals surface area contributed by atoms with E-state index < -0.39 is 0 Å². The number of hydrogen-bond acceptors (Lipinski definition) is 2. The fourth-order valence-electron chi connectivity index (χ4n) is 11.4. The molecule has 42 heavy (non-hydrogen) atoms. The quantitative estimate of drug-likeness (QED) is 0.220. The Labute approximate surface area is 248 Å². The topological polar surface area (TPSA) is 34.1 Å². The van der Waals surface area contributed by atoms with Crippen molar-refractivity contribution < 1.29 is 9.59 Å². The standard InChI is InChI=1S/C20H16O2.C20H20/c21-13-9-19-10-14(22)12-20(19,11-13)18-8-4-2-6-16(18)15-5-1-3-7-17(15)19;1-3-9-17-15(7-1)16-8-2-4-10-18(16)20-13-5-11-19(17,20)12-6-14-20/h1-8H,9-12H2;1-4,7-10H,5-6,11-14H2. The summed E-state index contributed by atoms with van der Waals surface area (Å²) in [7, 11) is 0. The summed E-state index contributed by atoms with van der Waals surface area (Å²) in [4.78, 5) is 24.9. The Balaban J connectivity index is 0.000000120. The van der Waals surface area contributed by atoms with Gasteiger partial charge in [0.2, 0.25) is 0 Å². The van der Waals surface area contributed by atoms with Crippen molar-refractivity contribution in [3.05, 3.63) is 119 Å². The molecule has 4 aromatic carbocycles. The largest absolute Gasteiger partial charge is 0.300 e. The molecule has 10 rings (SSSR count). The van der Waals surface area contributed by atoms with Crippen LogP contribution in [-0.4, -0.2) is 11.6 Å². The van der Waals surface area contributed by atoms with Crippen LogP contribution in [-0.2, 0) is 31.2 Å². The molecule has 0 heterocycles. The molecule has 4 fully saturated rings. The van der Waals surface area contributed by atoms with Crippen LogP contribution in [0.3, 0.4) is 0 Å². The van der Waals surface area contributed by atoms with Gasteiger partial charge in [-0.05, 0) is 70.2 Å². The third-order valence-corrected chi connectivity index (χ3v) is 12.6. The molecule has 0 atom stereocenters. The van der Waals surface area contributed by atoms with Crippen molar-refractivity contribution in [1.82, 2.24) is 0 Å². The summed E-state index contributed by atoms with van der Waals surface area (Å²) >= 11 is 0.